The predicted octanol–water partition coefficient (Wildman–Crippen LogP) is 21.7. The quantitative estimate of drug-likeness (QED) is 0.0261. The molecule has 6 heteroatoms. The molecule has 0 aromatic heterocycles. The first-order valence-corrected chi connectivity index (χ1v) is 31.5. The Kier molecular flexibility index (Phi) is 60.4. The summed E-state index contributed by atoms with van der Waals surface area (Å²) in [6.45, 7) is 6.31. The Morgan fingerprint density at radius 2 is 0.500 bits per heavy atom. The topological polar surface area (TPSA) is 78.9 Å². The van der Waals surface area contributed by atoms with Crippen molar-refractivity contribution in [2.45, 2.75) is 264 Å². The molecular formula is C72H114O6. The Hall–Kier alpha value is -4.97. The van der Waals surface area contributed by atoms with Crippen LogP contribution in [0.2, 0.25) is 0 Å². The van der Waals surface area contributed by atoms with Crippen molar-refractivity contribution in [1.82, 2.24) is 0 Å². The lowest BCUT2D eigenvalue weighted by Gasteiger charge is -2.18. The minimum atomic E-state index is -0.808. The fraction of sp³-hybridized carbons (Fsp3) is 0.597. The summed E-state index contributed by atoms with van der Waals surface area (Å²) >= 11 is 0. The molecule has 0 aliphatic heterocycles. The van der Waals surface area contributed by atoms with E-state index in [2.05, 4.69) is 179 Å². The molecule has 0 fully saturated rings. The third-order valence-electron chi connectivity index (χ3n) is 12.7. The molecule has 78 heavy (non-hydrogen) atoms. The molecule has 0 spiro atoms. The molecule has 0 radical (unpaired) electrons. The van der Waals surface area contributed by atoms with E-state index < -0.39 is 6.10 Å². The summed E-state index contributed by atoms with van der Waals surface area (Å²) in [5.41, 5.74) is 0. The Bertz CT molecular complexity index is 1760. The van der Waals surface area contributed by atoms with E-state index in [1.165, 1.54) is 51.4 Å². The number of rotatable bonds is 55. The Morgan fingerprint density at radius 3 is 0.795 bits per heavy atom. The van der Waals surface area contributed by atoms with Gasteiger partial charge in [0.1, 0.15) is 13.2 Å². The maximum absolute atomic E-state index is 12.9. The monoisotopic (exact) mass is 1070 g/mol. The lowest BCUT2D eigenvalue weighted by molar-refractivity contribution is -0.167. The molecule has 0 aliphatic carbocycles. The minimum absolute atomic E-state index is 0.103. The van der Waals surface area contributed by atoms with Crippen LogP contribution in [0.3, 0.4) is 0 Å². The van der Waals surface area contributed by atoms with Gasteiger partial charge >= 0.3 is 17.9 Å². The summed E-state index contributed by atoms with van der Waals surface area (Å²) in [6, 6.07) is 0. The standard InChI is InChI=1S/C72H114O6/c1-4-7-10-13-16-19-22-25-27-28-29-30-31-32-33-34-35-36-37-38-39-40-41-42-43-44-45-48-50-53-56-59-62-65-71(74)77-68-69(67-76-70(73)64-61-58-55-52-49-46-24-21-18-15-12-9-6-3)78-72(75)66-63-60-57-54-51-47-26-23-20-17-14-11-8-5-2/h7,9-10,12,14,16-19,21,23,25-27,29-30,32-33,35-36,38-39,41-42,46,49,69H,4-6,8,11,13,15,20,22,24,28,31,34,37,40,43-45,47-48,50-68H2,1-3H3/b10-7-,12-9-,17-14-,19-16-,21-18-,26-23-,27-25-,30-29-,33-32-,36-35-,39-38-,42-41-,49-46-. The Labute approximate surface area is 480 Å². The lowest BCUT2D eigenvalue weighted by Crippen LogP contribution is -2.30. The molecule has 0 amide bonds. The summed E-state index contributed by atoms with van der Waals surface area (Å²) < 4.78 is 16.8. The molecule has 6 nitrogen and oxygen atoms in total. The molecule has 0 saturated heterocycles. The van der Waals surface area contributed by atoms with Crippen molar-refractivity contribution < 1.29 is 28.6 Å². The SMILES string of the molecule is CC/C=C\C/C=C\C/C=C\C/C=C\C/C=C\C/C=C\C/C=C\C/C=C\CCCCCCCCCCC(=O)OCC(COC(=O)CCCCC/C=C\C/C=C\C/C=C\CC)OC(=O)CCCCCCC/C=C\C/C=C\CCCC. The van der Waals surface area contributed by atoms with Crippen molar-refractivity contribution in [3.63, 3.8) is 0 Å². The van der Waals surface area contributed by atoms with Crippen LogP contribution in [0.25, 0.3) is 0 Å². The first-order valence-electron chi connectivity index (χ1n) is 31.5. The highest BCUT2D eigenvalue weighted by Gasteiger charge is 2.19. The molecule has 0 aromatic carbocycles. The summed E-state index contributed by atoms with van der Waals surface area (Å²) in [5.74, 6) is -0.960. The summed E-state index contributed by atoms with van der Waals surface area (Å²) in [7, 11) is 0. The van der Waals surface area contributed by atoms with Crippen LogP contribution in [0.1, 0.15) is 258 Å². The van der Waals surface area contributed by atoms with Crippen LogP contribution < -0.4 is 0 Å². The molecule has 0 aliphatic rings. The third kappa shape index (κ3) is 61.9. The van der Waals surface area contributed by atoms with E-state index in [9.17, 15) is 14.4 Å². The fourth-order valence-electron chi connectivity index (χ4n) is 8.08. The van der Waals surface area contributed by atoms with Crippen LogP contribution in [0.15, 0.2) is 158 Å². The van der Waals surface area contributed by atoms with E-state index in [0.717, 1.165) is 167 Å². The van der Waals surface area contributed by atoms with Crippen LogP contribution >= 0.6 is 0 Å². The van der Waals surface area contributed by atoms with Crippen LogP contribution in [0.5, 0.6) is 0 Å². The maximum Gasteiger partial charge on any atom is 0.306 e. The summed E-state index contributed by atoms with van der Waals surface area (Å²) in [6.07, 6.45) is 94.0. The minimum Gasteiger partial charge on any atom is -0.462 e. The van der Waals surface area contributed by atoms with Crippen LogP contribution in [0.4, 0.5) is 0 Å². The van der Waals surface area contributed by atoms with E-state index in [0.29, 0.717) is 19.3 Å². The number of hydrogen-bond acceptors (Lipinski definition) is 6. The second-order valence-corrected chi connectivity index (χ2v) is 20.2. The second-order valence-electron chi connectivity index (χ2n) is 20.2. The molecular weight excluding hydrogens is 961 g/mol. The molecule has 0 N–H and O–H groups in total. The predicted molar refractivity (Wildman–Crippen MR) is 338 cm³/mol. The molecule has 0 aromatic rings. The van der Waals surface area contributed by atoms with E-state index in [-0.39, 0.29) is 31.1 Å². The highest BCUT2D eigenvalue weighted by molar-refractivity contribution is 5.71. The van der Waals surface area contributed by atoms with Gasteiger partial charge in [0.25, 0.3) is 0 Å². The van der Waals surface area contributed by atoms with Gasteiger partial charge in [-0.15, -0.1) is 0 Å². The van der Waals surface area contributed by atoms with Gasteiger partial charge in [-0.25, -0.2) is 0 Å². The smallest absolute Gasteiger partial charge is 0.306 e. The van der Waals surface area contributed by atoms with E-state index in [4.69, 9.17) is 14.2 Å². The molecule has 0 rings (SSSR count). The number of unbranched alkanes of at least 4 members (excludes halogenated alkanes) is 18. The van der Waals surface area contributed by atoms with Gasteiger partial charge < -0.3 is 14.2 Å². The lowest BCUT2D eigenvalue weighted by atomic mass is 10.1. The van der Waals surface area contributed by atoms with Crippen LogP contribution in [0, 0.1) is 0 Å². The van der Waals surface area contributed by atoms with E-state index in [1.807, 2.05) is 0 Å². The summed E-state index contributed by atoms with van der Waals surface area (Å²) in [5, 5.41) is 0. The van der Waals surface area contributed by atoms with Gasteiger partial charge in [-0.3, -0.25) is 14.4 Å². The van der Waals surface area contributed by atoms with Gasteiger partial charge in [-0.1, -0.05) is 256 Å². The molecule has 0 bridgehead atoms. The van der Waals surface area contributed by atoms with Crippen LogP contribution in [-0.2, 0) is 28.6 Å². The number of allylic oxidation sites excluding steroid dienone is 26. The second kappa shape index (κ2) is 64.6. The van der Waals surface area contributed by atoms with Crippen molar-refractivity contribution in [3.05, 3.63) is 158 Å². The van der Waals surface area contributed by atoms with Crippen LogP contribution in [-0.4, -0.2) is 37.2 Å². The Morgan fingerprint density at radius 1 is 0.269 bits per heavy atom. The molecule has 0 saturated carbocycles. The van der Waals surface area contributed by atoms with Gasteiger partial charge in [0, 0.05) is 19.3 Å². The van der Waals surface area contributed by atoms with Gasteiger partial charge in [0.15, 0.2) is 6.10 Å². The van der Waals surface area contributed by atoms with E-state index in [1.54, 1.807) is 0 Å². The number of ether oxygens (including phenoxy) is 3. The van der Waals surface area contributed by atoms with Crippen molar-refractivity contribution in [2.24, 2.45) is 0 Å². The zero-order valence-corrected chi connectivity index (χ0v) is 50.1. The number of hydrogen-bond donors (Lipinski definition) is 0. The first kappa shape index (κ1) is 73.0. The molecule has 438 valence electrons. The number of carbonyl (C=O) groups excluding carboxylic acids is 3. The average molecular weight is 1080 g/mol. The highest BCUT2D eigenvalue weighted by atomic mass is 16.6. The van der Waals surface area contributed by atoms with Crippen molar-refractivity contribution in [1.29, 1.82) is 0 Å². The zero-order valence-electron chi connectivity index (χ0n) is 50.1. The largest absolute Gasteiger partial charge is 0.462 e. The first-order chi connectivity index (χ1) is 38.5. The number of carbonyl (C=O) groups is 3. The van der Waals surface area contributed by atoms with Gasteiger partial charge in [0.2, 0.25) is 0 Å². The molecule has 0 heterocycles. The normalized spacial score (nSPS) is 13.2. The van der Waals surface area contributed by atoms with Gasteiger partial charge in [-0.2, -0.15) is 0 Å². The summed E-state index contributed by atoms with van der Waals surface area (Å²) in [4.78, 5) is 38.2. The van der Waals surface area contributed by atoms with Gasteiger partial charge in [0.05, 0.1) is 0 Å². The Balaban J connectivity index is 4.30. The van der Waals surface area contributed by atoms with Crippen molar-refractivity contribution >= 4 is 17.9 Å². The van der Waals surface area contributed by atoms with E-state index >= 15 is 0 Å². The zero-order chi connectivity index (χ0) is 56.4. The van der Waals surface area contributed by atoms with Crippen molar-refractivity contribution in [3.8, 4) is 0 Å². The maximum atomic E-state index is 12.9. The fourth-order valence-corrected chi connectivity index (χ4v) is 8.08. The van der Waals surface area contributed by atoms with Gasteiger partial charge in [-0.05, 0) is 141 Å². The molecule has 1 unspecified atom stereocenters. The van der Waals surface area contributed by atoms with Crippen molar-refractivity contribution in [2.75, 3.05) is 13.2 Å². The average Bonchev–Trinajstić information content (AvgIpc) is 3.44. The highest BCUT2D eigenvalue weighted by Crippen LogP contribution is 2.14. The third-order valence-corrected chi connectivity index (χ3v) is 12.7. The molecule has 1 atom stereocenters. The number of esters is 3.